The molecule has 118 valence electrons. The number of hydrogen-bond acceptors (Lipinski definition) is 4. The maximum Gasteiger partial charge on any atom is 0.249 e. The standard InChI is InChI=1S/C20H17N3O/c1-14-17(13-16-9-5-6-10-18(16)21-14)20-23-22-19(24-20)12-11-15-7-3-2-4-8-15/h2-10,13H,11-12H2,1H3. The molecular weight excluding hydrogens is 298 g/mol. The van der Waals surface area contributed by atoms with Crippen LogP contribution in [0.5, 0.6) is 0 Å². The van der Waals surface area contributed by atoms with Crippen molar-refractivity contribution in [2.75, 3.05) is 0 Å². The first-order valence-electron chi connectivity index (χ1n) is 8.03. The van der Waals surface area contributed by atoms with Gasteiger partial charge in [0.15, 0.2) is 0 Å². The predicted molar refractivity (Wildman–Crippen MR) is 93.6 cm³/mol. The quantitative estimate of drug-likeness (QED) is 0.561. The summed E-state index contributed by atoms with van der Waals surface area (Å²) in [5.74, 6) is 1.19. The zero-order valence-corrected chi connectivity index (χ0v) is 13.4. The summed E-state index contributed by atoms with van der Waals surface area (Å²) in [6.45, 7) is 1.97. The Morgan fingerprint density at radius 2 is 1.67 bits per heavy atom. The van der Waals surface area contributed by atoms with Crippen molar-refractivity contribution in [3.8, 4) is 11.5 Å². The zero-order valence-electron chi connectivity index (χ0n) is 13.4. The first-order valence-corrected chi connectivity index (χ1v) is 8.03. The Balaban J connectivity index is 1.59. The van der Waals surface area contributed by atoms with Crippen LogP contribution >= 0.6 is 0 Å². The van der Waals surface area contributed by atoms with Gasteiger partial charge < -0.3 is 4.42 Å². The van der Waals surface area contributed by atoms with Crippen molar-refractivity contribution in [2.24, 2.45) is 0 Å². The molecule has 4 nitrogen and oxygen atoms in total. The normalized spacial score (nSPS) is 11.0. The molecule has 0 aliphatic carbocycles. The van der Waals surface area contributed by atoms with Gasteiger partial charge in [-0.25, -0.2) is 0 Å². The van der Waals surface area contributed by atoms with E-state index >= 15 is 0 Å². The van der Waals surface area contributed by atoms with E-state index in [0.29, 0.717) is 11.8 Å². The first-order chi connectivity index (χ1) is 11.8. The van der Waals surface area contributed by atoms with Gasteiger partial charge in [-0.05, 0) is 31.0 Å². The minimum atomic E-state index is 0.536. The van der Waals surface area contributed by atoms with Crippen LogP contribution < -0.4 is 0 Å². The third-order valence-corrected chi connectivity index (χ3v) is 4.08. The molecule has 0 saturated carbocycles. The van der Waals surface area contributed by atoms with Crippen molar-refractivity contribution in [1.82, 2.24) is 15.2 Å². The van der Waals surface area contributed by atoms with Crippen molar-refractivity contribution in [1.29, 1.82) is 0 Å². The molecule has 0 unspecified atom stereocenters. The van der Waals surface area contributed by atoms with E-state index in [0.717, 1.165) is 35.0 Å². The lowest BCUT2D eigenvalue weighted by atomic mass is 10.1. The molecule has 4 heteroatoms. The molecule has 0 amide bonds. The second kappa shape index (κ2) is 6.24. The van der Waals surface area contributed by atoms with E-state index in [1.165, 1.54) is 5.56 Å². The highest BCUT2D eigenvalue weighted by Crippen LogP contribution is 2.25. The lowest BCUT2D eigenvalue weighted by molar-refractivity contribution is 0.504. The highest BCUT2D eigenvalue weighted by atomic mass is 16.4. The smallest absolute Gasteiger partial charge is 0.249 e. The average Bonchev–Trinajstić information content (AvgIpc) is 3.09. The fourth-order valence-corrected chi connectivity index (χ4v) is 2.79. The van der Waals surface area contributed by atoms with E-state index in [1.54, 1.807) is 0 Å². The number of para-hydroxylation sites is 1. The minimum Gasteiger partial charge on any atom is -0.421 e. The number of aryl methyl sites for hydroxylation is 3. The highest BCUT2D eigenvalue weighted by molar-refractivity contribution is 5.83. The summed E-state index contributed by atoms with van der Waals surface area (Å²) in [5.41, 5.74) is 4.03. The van der Waals surface area contributed by atoms with Gasteiger partial charge in [-0.2, -0.15) is 0 Å². The van der Waals surface area contributed by atoms with E-state index in [1.807, 2.05) is 49.4 Å². The molecule has 0 radical (unpaired) electrons. The molecule has 0 aliphatic rings. The van der Waals surface area contributed by atoms with Crippen LogP contribution in [-0.2, 0) is 12.8 Å². The van der Waals surface area contributed by atoms with E-state index < -0.39 is 0 Å². The topological polar surface area (TPSA) is 51.8 Å². The summed E-state index contributed by atoms with van der Waals surface area (Å²) < 4.78 is 5.86. The van der Waals surface area contributed by atoms with Gasteiger partial charge in [-0.3, -0.25) is 4.98 Å². The molecule has 4 aromatic rings. The summed E-state index contributed by atoms with van der Waals surface area (Å²) >= 11 is 0. The lowest BCUT2D eigenvalue weighted by Crippen LogP contribution is -1.90. The van der Waals surface area contributed by atoms with Crippen LogP contribution in [0.4, 0.5) is 0 Å². The monoisotopic (exact) mass is 315 g/mol. The fourth-order valence-electron chi connectivity index (χ4n) is 2.79. The van der Waals surface area contributed by atoms with Crippen molar-refractivity contribution in [2.45, 2.75) is 19.8 Å². The Kier molecular flexibility index (Phi) is 3.79. The molecule has 0 atom stereocenters. The van der Waals surface area contributed by atoms with Crippen molar-refractivity contribution in [3.05, 3.63) is 77.8 Å². The number of hydrogen-bond donors (Lipinski definition) is 0. The number of pyridine rings is 1. The van der Waals surface area contributed by atoms with Crippen LogP contribution in [0.3, 0.4) is 0 Å². The largest absolute Gasteiger partial charge is 0.421 e. The first kappa shape index (κ1) is 14.6. The molecule has 2 aromatic carbocycles. The molecule has 0 spiro atoms. The Hall–Kier alpha value is -3.01. The maximum atomic E-state index is 5.86. The summed E-state index contributed by atoms with van der Waals surface area (Å²) in [7, 11) is 0. The summed E-state index contributed by atoms with van der Waals surface area (Å²) in [6.07, 6.45) is 1.62. The van der Waals surface area contributed by atoms with Crippen molar-refractivity contribution >= 4 is 10.9 Å². The zero-order chi connectivity index (χ0) is 16.4. The van der Waals surface area contributed by atoms with Crippen LogP contribution in [-0.4, -0.2) is 15.2 Å². The van der Waals surface area contributed by atoms with Gasteiger partial charge in [-0.1, -0.05) is 48.5 Å². The average molecular weight is 315 g/mol. The Morgan fingerprint density at radius 1 is 0.875 bits per heavy atom. The van der Waals surface area contributed by atoms with Crippen LogP contribution in [0.1, 0.15) is 17.1 Å². The molecule has 0 N–H and O–H groups in total. The molecule has 0 fully saturated rings. The third kappa shape index (κ3) is 2.91. The molecule has 4 rings (SSSR count). The maximum absolute atomic E-state index is 5.86. The second-order valence-corrected chi connectivity index (χ2v) is 5.80. The van der Waals surface area contributed by atoms with Crippen LogP contribution in [0.2, 0.25) is 0 Å². The number of fused-ring (bicyclic) bond motifs is 1. The summed E-state index contributed by atoms with van der Waals surface area (Å²) in [5, 5.41) is 9.47. The van der Waals surface area contributed by atoms with Crippen LogP contribution in [0.25, 0.3) is 22.4 Å². The number of nitrogens with zero attached hydrogens (tertiary/aromatic N) is 3. The molecule has 0 aliphatic heterocycles. The Bertz CT molecular complexity index is 977. The highest BCUT2D eigenvalue weighted by Gasteiger charge is 2.13. The Labute approximate surface area is 140 Å². The van der Waals surface area contributed by atoms with E-state index in [2.05, 4.69) is 33.4 Å². The van der Waals surface area contributed by atoms with Crippen molar-refractivity contribution < 1.29 is 4.42 Å². The van der Waals surface area contributed by atoms with Gasteiger partial charge in [0.05, 0.1) is 16.8 Å². The van der Waals surface area contributed by atoms with Crippen LogP contribution in [0.15, 0.2) is 65.1 Å². The van der Waals surface area contributed by atoms with Gasteiger partial charge in [0.2, 0.25) is 11.8 Å². The number of aromatic nitrogens is 3. The van der Waals surface area contributed by atoms with E-state index in [9.17, 15) is 0 Å². The number of rotatable bonds is 4. The molecule has 24 heavy (non-hydrogen) atoms. The summed E-state index contributed by atoms with van der Waals surface area (Å²) in [6, 6.07) is 20.4. The van der Waals surface area contributed by atoms with Crippen molar-refractivity contribution in [3.63, 3.8) is 0 Å². The van der Waals surface area contributed by atoms with Gasteiger partial charge in [0.1, 0.15) is 0 Å². The fraction of sp³-hybridized carbons (Fsp3) is 0.150. The molecule has 0 bridgehead atoms. The lowest BCUT2D eigenvalue weighted by Gasteiger charge is -2.03. The van der Waals surface area contributed by atoms with Gasteiger partial charge in [0, 0.05) is 11.8 Å². The van der Waals surface area contributed by atoms with Gasteiger partial charge >= 0.3 is 0 Å². The molecular formula is C20H17N3O. The molecule has 2 heterocycles. The number of benzene rings is 2. The second-order valence-electron chi connectivity index (χ2n) is 5.80. The van der Waals surface area contributed by atoms with Gasteiger partial charge in [-0.15, -0.1) is 10.2 Å². The van der Waals surface area contributed by atoms with Gasteiger partial charge in [0.25, 0.3) is 0 Å². The predicted octanol–water partition coefficient (Wildman–Crippen LogP) is 4.38. The summed E-state index contributed by atoms with van der Waals surface area (Å²) in [4.78, 5) is 4.63. The SMILES string of the molecule is Cc1nc2ccccc2cc1-c1nnc(CCc2ccccc2)o1. The molecule has 0 saturated heterocycles. The molecule has 2 aromatic heterocycles. The van der Waals surface area contributed by atoms with E-state index in [-0.39, 0.29) is 0 Å². The minimum absolute atomic E-state index is 0.536. The Morgan fingerprint density at radius 3 is 2.54 bits per heavy atom. The third-order valence-electron chi connectivity index (χ3n) is 4.08. The van der Waals surface area contributed by atoms with E-state index in [4.69, 9.17) is 4.42 Å². The van der Waals surface area contributed by atoms with Crippen LogP contribution in [0, 0.1) is 6.92 Å².